The van der Waals surface area contributed by atoms with Gasteiger partial charge in [0.2, 0.25) is 11.8 Å². The van der Waals surface area contributed by atoms with Gasteiger partial charge in [-0.15, -0.1) is 0 Å². The lowest BCUT2D eigenvalue weighted by molar-refractivity contribution is -0.270. The Labute approximate surface area is 314 Å². The number of fused-ring (bicyclic) bond motifs is 1. The van der Waals surface area contributed by atoms with E-state index in [9.17, 15) is 24.9 Å². The van der Waals surface area contributed by atoms with E-state index in [1.54, 1.807) is 10.9 Å². The molecule has 0 radical (unpaired) electrons. The predicted molar refractivity (Wildman–Crippen MR) is 189 cm³/mol. The first kappa shape index (κ1) is 43.6. The zero-order valence-electron chi connectivity index (χ0n) is 31.6. The molecule has 0 spiro atoms. The molecule has 2 saturated heterocycles. The molecule has 4 rings (SSSR count). The zero-order valence-corrected chi connectivity index (χ0v) is 31.6. The summed E-state index contributed by atoms with van der Waals surface area (Å²) < 4.78 is 49.1. The summed E-state index contributed by atoms with van der Waals surface area (Å²) in [6, 6.07) is -1.01. The normalized spacial score (nSPS) is 27.3. The van der Waals surface area contributed by atoms with Gasteiger partial charge in [-0.3, -0.25) is 14.2 Å². The van der Waals surface area contributed by atoms with Gasteiger partial charge in [-0.1, -0.05) is 0 Å². The summed E-state index contributed by atoms with van der Waals surface area (Å²) in [6.45, 7) is 9.99. The second kappa shape index (κ2) is 21.8. The van der Waals surface area contributed by atoms with E-state index in [1.807, 2.05) is 27.7 Å². The average molecular weight is 772 g/mol. The van der Waals surface area contributed by atoms with E-state index in [0.29, 0.717) is 30.6 Å². The average Bonchev–Trinajstić information content (AvgIpc) is 3.70. The number of nitrogen functional groups attached to an aromatic ring is 1. The number of amides is 2. The van der Waals surface area contributed by atoms with Crippen LogP contribution in [0.3, 0.4) is 0 Å². The summed E-state index contributed by atoms with van der Waals surface area (Å²) in [7, 11) is 0. The maximum absolute atomic E-state index is 12.3. The first-order chi connectivity index (χ1) is 25.9. The number of aliphatic hydroxyl groups excluding tert-OH is 3. The van der Waals surface area contributed by atoms with Crippen LogP contribution in [0.1, 0.15) is 60.1 Å². The van der Waals surface area contributed by atoms with Crippen molar-refractivity contribution in [3.63, 3.8) is 0 Å². The van der Waals surface area contributed by atoms with Gasteiger partial charge >= 0.3 is 0 Å². The number of rotatable bonds is 23. The number of nitrogens with two attached hydrogens (primary N) is 1. The Hall–Kier alpha value is -3.15. The van der Waals surface area contributed by atoms with Crippen molar-refractivity contribution in [1.29, 1.82) is 0 Å². The van der Waals surface area contributed by atoms with Gasteiger partial charge in [-0.25, -0.2) is 15.0 Å². The van der Waals surface area contributed by atoms with Gasteiger partial charge < -0.3 is 69.6 Å². The van der Waals surface area contributed by atoms with Gasteiger partial charge in [-0.05, 0) is 40.5 Å². The molecular formula is C34H57N7O13. The highest BCUT2D eigenvalue weighted by Gasteiger charge is 2.49. The van der Waals surface area contributed by atoms with E-state index in [0.717, 1.165) is 0 Å². The van der Waals surface area contributed by atoms with Crippen molar-refractivity contribution in [2.24, 2.45) is 0 Å². The molecule has 2 amide bonds. The number of hydrogen-bond donors (Lipinski definition) is 6. The van der Waals surface area contributed by atoms with Crippen LogP contribution in [0, 0.1) is 0 Å². The van der Waals surface area contributed by atoms with E-state index in [1.165, 1.54) is 13.3 Å². The maximum Gasteiger partial charge on any atom is 0.220 e. The van der Waals surface area contributed by atoms with Gasteiger partial charge in [0.25, 0.3) is 0 Å². The van der Waals surface area contributed by atoms with Crippen LogP contribution < -0.4 is 16.4 Å². The smallest absolute Gasteiger partial charge is 0.220 e. The molecule has 1 unspecified atom stereocenters. The second-order valence-corrected chi connectivity index (χ2v) is 13.6. The monoisotopic (exact) mass is 771 g/mol. The number of carbonyl (C=O) groups is 2. The molecule has 54 heavy (non-hydrogen) atoms. The van der Waals surface area contributed by atoms with Crippen molar-refractivity contribution in [3.8, 4) is 0 Å². The van der Waals surface area contributed by atoms with E-state index in [2.05, 4.69) is 25.6 Å². The predicted octanol–water partition coefficient (Wildman–Crippen LogP) is -0.853. The Morgan fingerprint density at radius 1 is 0.944 bits per heavy atom. The number of imidazole rings is 1. The number of ether oxygens (including phenoxy) is 8. The minimum absolute atomic E-state index is 0.0122. The van der Waals surface area contributed by atoms with Gasteiger partial charge in [-0.2, -0.15) is 0 Å². The molecule has 2 aromatic heterocycles. The van der Waals surface area contributed by atoms with Gasteiger partial charge in [0, 0.05) is 26.5 Å². The zero-order chi connectivity index (χ0) is 39.2. The highest BCUT2D eigenvalue weighted by atomic mass is 16.7. The third-order valence-electron chi connectivity index (χ3n) is 8.59. The molecule has 7 N–H and O–H groups in total. The quantitative estimate of drug-likeness (QED) is 0.0594. The van der Waals surface area contributed by atoms with Crippen LogP contribution >= 0.6 is 0 Å². The van der Waals surface area contributed by atoms with E-state index in [-0.39, 0.29) is 70.2 Å². The fourth-order valence-corrected chi connectivity index (χ4v) is 6.02. The van der Waals surface area contributed by atoms with Crippen LogP contribution in [-0.4, -0.2) is 161 Å². The van der Waals surface area contributed by atoms with Crippen LogP contribution in [0.2, 0.25) is 0 Å². The second-order valence-electron chi connectivity index (χ2n) is 13.6. The fraction of sp³-hybridized carbons (Fsp3) is 0.794. The lowest BCUT2D eigenvalue weighted by Crippen LogP contribution is -2.64. The number of nitrogens with one attached hydrogen (secondary N) is 2. The SMILES string of the molecule is CC(=O)N[C@H]1[C@H](OCCCCC(=O)NCCOCCOCO[C@@H]2[C@H](OC(C)C)C(COC(C)C)O[C@H]2n2cnc3c(N)ncnc32)O[C@H](CO)[C@H](O)[C@@H]1O. The highest BCUT2D eigenvalue weighted by molar-refractivity contribution is 5.81. The molecule has 2 fully saturated rings. The standard InChI is InChI=1S/C34H57N7O13/c1-19(2)50-15-23-29(52-20(3)4)30(33(53-23)41-17-39-26-31(35)37-16-38-32(26)41)51-18-48-13-12-47-11-9-36-24(44)8-6-7-10-49-34-25(40-21(5)43)28(46)27(45)22(14-42)54-34/h16-17,19-20,22-23,25,27-30,33-34,42,45-46H,6-15,18H2,1-5H3,(H,36,44)(H,40,43)(H2,35,37,38)/t22-,23?,25-,27+,28-,29-,30-,33-,34-/m1/s1. The molecule has 20 nitrogen and oxygen atoms in total. The van der Waals surface area contributed by atoms with Crippen molar-refractivity contribution in [3.05, 3.63) is 12.7 Å². The lowest BCUT2D eigenvalue weighted by atomic mass is 9.97. The molecule has 0 aromatic carbocycles. The molecule has 0 bridgehead atoms. The van der Waals surface area contributed by atoms with Gasteiger partial charge in [0.05, 0.1) is 51.6 Å². The van der Waals surface area contributed by atoms with Crippen molar-refractivity contribution in [2.45, 2.75) is 121 Å². The first-order valence-corrected chi connectivity index (χ1v) is 18.3. The third-order valence-corrected chi connectivity index (χ3v) is 8.59. The molecule has 0 aliphatic carbocycles. The Bertz CT molecular complexity index is 1440. The Kier molecular flexibility index (Phi) is 17.6. The van der Waals surface area contributed by atoms with Crippen LogP contribution in [0.15, 0.2) is 12.7 Å². The number of nitrogens with zero attached hydrogens (tertiary/aromatic N) is 4. The van der Waals surface area contributed by atoms with Crippen molar-refractivity contribution >= 4 is 28.8 Å². The molecule has 2 aliphatic heterocycles. The van der Waals surface area contributed by atoms with Crippen molar-refractivity contribution < 1.29 is 62.8 Å². The summed E-state index contributed by atoms with van der Waals surface area (Å²) in [6.07, 6.45) is -3.04. The minimum atomic E-state index is -1.39. The number of unbranched alkanes of at least 4 members (excludes halogenated alkanes) is 1. The van der Waals surface area contributed by atoms with E-state index < -0.39 is 67.7 Å². The molecule has 2 aromatic rings. The van der Waals surface area contributed by atoms with Crippen LogP contribution in [0.5, 0.6) is 0 Å². The molecule has 9 atom stereocenters. The number of aromatic nitrogens is 4. The number of anilines is 1. The first-order valence-electron chi connectivity index (χ1n) is 18.3. The van der Waals surface area contributed by atoms with Gasteiger partial charge in [0.1, 0.15) is 61.3 Å². The lowest BCUT2D eigenvalue weighted by Gasteiger charge is -2.42. The summed E-state index contributed by atoms with van der Waals surface area (Å²) in [4.78, 5) is 36.6. The summed E-state index contributed by atoms with van der Waals surface area (Å²) in [5.74, 6) is -0.342. The summed E-state index contributed by atoms with van der Waals surface area (Å²) >= 11 is 0. The summed E-state index contributed by atoms with van der Waals surface area (Å²) in [5, 5.41) is 35.2. The number of aliphatic hydroxyl groups is 3. The van der Waals surface area contributed by atoms with Crippen molar-refractivity contribution in [2.75, 3.05) is 58.7 Å². The maximum atomic E-state index is 12.3. The summed E-state index contributed by atoms with van der Waals surface area (Å²) in [5.41, 5.74) is 6.97. The molecule has 20 heteroatoms. The topological polar surface area (TPSA) is 262 Å². The largest absolute Gasteiger partial charge is 0.394 e. The van der Waals surface area contributed by atoms with E-state index >= 15 is 0 Å². The van der Waals surface area contributed by atoms with Gasteiger partial charge in [0.15, 0.2) is 24.0 Å². The van der Waals surface area contributed by atoms with Crippen LogP contribution in [-0.2, 0) is 47.5 Å². The highest BCUT2D eigenvalue weighted by Crippen LogP contribution is 2.36. The Balaban J connectivity index is 1.13. The minimum Gasteiger partial charge on any atom is -0.394 e. The van der Waals surface area contributed by atoms with E-state index in [4.69, 9.17) is 43.6 Å². The van der Waals surface area contributed by atoms with Crippen LogP contribution in [0.4, 0.5) is 5.82 Å². The third kappa shape index (κ3) is 12.4. The Morgan fingerprint density at radius 2 is 1.72 bits per heavy atom. The fourth-order valence-electron chi connectivity index (χ4n) is 6.02. The molecule has 306 valence electrons. The molecule has 4 heterocycles. The molecule has 2 aliphatic rings. The number of carbonyl (C=O) groups excluding carboxylic acids is 2. The van der Waals surface area contributed by atoms with Crippen LogP contribution in [0.25, 0.3) is 11.2 Å². The number of hydrogen-bond acceptors (Lipinski definition) is 17. The molecule has 0 saturated carbocycles. The Morgan fingerprint density at radius 3 is 2.44 bits per heavy atom. The molecular weight excluding hydrogens is 714 g/mol. The van der Waals surface area contributed by atoms with Crippen molar-refractivity contribution in [1.82, 2.24) is 30.2 Å².